The first-order chi connectivity index (χ1) is 7.68. The van der Waals surface area contributed by atoms with Gasteiger partial charge in [0.15, 0.2) is 0 Å². The quantitative estimate of drug-likeness (QED) is 0.899. The zero-order valence-electron chi connectivity index (χ0n) is 9.43. The first-order valence-corrected chi connectivity index (χ1v) is 5.51. The van der Waals surface area contributed by atoms with Crippen molar-refractivity contribution in [3.63, 3.8) is 0 Å². The molecular weight excluding hydrogens is 255 g/mol. The Labute approximate surface area is 112 Å². The molecule has 1 atom stereocenters. The first-order valence-electron chi connectivity index (χ1n) is 5.14. The summed E-state index contributed by atoms with van der Waals surface area (Å²) in [5.41, 5.74) is 9.01. The molecule has 0 amide bonds. The Bertz CT molecular complexity index is 498. The van der Waals surface area contributed by atoms with Crippen molar-refractivity contribution in [1.29, 1.82) is 0 Å². The van der Waals surface area contributed by atoms with Crippen LogP contribution >= 0.6 is 24.0 Å². The summed E-state index contributed by atoms with van der Waals surface area (Å²) in [6, 6.07) is 10.0. The average molecular weight is 269 g/mol. The SMILES string of the molecule is C[C@H](N)c1cccc(-c2ccncc2Cl)c1.Cl. The molecule has 2 N–H and O–H groups in total. The second-order valence-corrected chi connectivity index (χ2v) is 4.18. The minimum Gasteiger partial charge on any atom is -0.324 e. The fourth-order valence-electron chi connectivity index (χ4n) is 1.60. The number of nitrogens with zero attached hydrogens (tertiary/aromatic N) is 1. The molecular formula is C13H14Cl2N2. The van der Waals surface area contributed by atoms with Gasteiger partial charge in [-0.15, -0.1) is 12.4 Å². The highest BCUT2D eigenvalue weighted by atomic mass is 35.5. The molecule has 0 aliphatic heterocycles. The van der Waals surface area contributed by atoms with Gasteiger partial charge in [0, 0.05) is 24.0 Å². The molecule has 2 nitrogen and oxygen atoms in total. The van der Waals surface area contributed by atoms with E-state index in [9.17, 15) is 0 Å². The van der Waals surface area contributed by atoms with E-state index in [0.717, 1.165) is 16.7 Å². The van der Waals surface area contributed by atoms with E-state index in [0.29, 0.717) is 5.02 Å². The highest BCUT2D eigenvalue weighted by Gasteiger charge is 2.05. The molecule has 1 aromatic carbocycles. The van der Waals surface area contributed by atoms with E-state index in [1.54, 1.807) is 12.4 Å². The molecule has 90 valence electrons. The molecule has 0 radical (unpaired) electrons. The summed E-state index contributed by atoms with van der Waals surface area (Å²) in [6.45, 7) is 1.97. The van der Waals surface area contributed by atoms with E-state index in [1.165, 1.54) is 0 Å². The Kier molecular flexibility index (Phi) is 4.94. The number of rotatable bonds is 2. The van der Waals surface area contributed by atoms with Gasteiger partial charge in [0.2, 0.25) is 0 Å². The lowest BCUT2D eigenvalue weighted by atomic mass is 10.0. The van der Waals surface area contributed by atoms with Crippen LogP contribution in [0.15, 0.2) is 42.7 Å². The van der Waals surface area contributed by atoms with E-state index in [1.807, 2.05) is 31.2 Å². The fourth-order valence-corrected chi connectivity index (χ4v) is 1.83. The van der Waals surface area contributed by atoms with Gasteiger partial charge in [0.25, 0.3) is 0 Å². The van der Waals surface area contributed by atoms with Crippen molar-refractivity contribution >= 4 is 24.0 Å². The molecule has 0 saturated heterocycles. The number of hydrogen-bond donors (Lipinski definition) is 1. The number of pyridine rings is 1. The van der Waals surface area contributed by atoms with Crippen LogP contribution < -0.4 is 5.73 Å². The molecule has 0 saturated carbocycles. The summed E-state index contributed by atoms with van der Waals surface area (Å²) >= 11 is 6.10. The third-order valence-electron chi connectivity index (χ3n) is 2.50. The van der Waals surface area contributed by atoms with Gasteiger partial charge in [0.05, 0.1) is 5.02 Å². The average Bonchev–Trinajstić information content (AvgIpc) is 2.30. The van der Waals surface area contributed by atoms with Crippen LogP contribution in [-0.4, -0.2) is 4.98 Å². The molecule has 17 heavy (non-hydrogen) atoms. The maximum Gasteiger partial charge on any atom is 0.0667 e. The van der Waals surface area contributed by atoms with Gasteiger partial charge in [-0.05, 0) is 30.2 Å². The van der Waals surface area contributed by atoms with Crippen molar-refractivity contribution < 1.29 is 0 Å². The van der Waals surface area contributed by atoms with Crippen molar-refractivity contribution in [2.24, 2.45) is 5.73 Å². The fraction of sp³-hybridized carbons (Fsp3) is 0.154. The van der Waals surface area contributed by atoms with Crippen LogP contribution in [0.5, 0.6) is 0 Å². The Morgan fingerprint density at radius 1 is 1.29 bits per heavy atom. The zero-order chi connectivity index (χ0) is 11.5. The van der Waals surface area contributed by atoms with Crippen LogP contribution in [0.2, 0.25) is 5.02 Å². The maximum absolute atomic E-state index is 6.10. The van der Waals surface area contributed by atoms with Gasteiger partial charge < -0.3 is 5.73 Å². The Morgan fingerprint density at radius 2 is 2.06 bits per heavy atom. The van der Waals surface area contributed by atoms with Crippen LogP contribution in [0.4, 0.5) is 0 Å². The molecule has 1 heterocycles. The minimum atomic E-state index is 0. The number of aromatic nitrogens is 1. The normalized spacial score (nSPS) is 11.7. The lowest BCUT2D eigenvalue weighted by Gasteiger charge is -2.09. The summed E-state index contributed by atoms with van der Waals surface area (Å²) in [6.07, 6.45) is 3.38. The minimum absolute atomic E-state index is 0. The van der Waals surface area contributed by atoms with Crippen LogP contribution in [0, 0.1) is 0 Å². The van der Waals surface area contributed by atoms with Gasteiger partial charge in [-0.3, -0.25) is 4.98 Å². The second-order valence-electron chi connectivity index (χ2n) is 3.77. The molecule has 0 bridgehead atoms. The van der Waals surface area contributed by atoms with Crippen molar-refractivity contribution in [2.75, 3.05) is 0 Å². The van der Waals surface area contributed by atoms with Crippen LogP contribution in [-0.2, 0) is 0 Å². The van der Waals surface area contributed by atoms with E-state index < -0.39 is 0 Å². The molecule has 2 aromatic rings. The Hall–Kier alpha value is -1.09. The Balaban J connectivity index is 0.00000144. The molecule has 4 heteroatoms. The van der Waals surface area contributed by atoms with E-state index in [-0.39, 0.29) is 18.4 Å². The standard InChI is InChI=1S/C13H13ClN2.ClH/c1-9(15)10-3-2-4-11(7-10)12-5-6-16-8-13(12)14;/h2-9H,15H2,1H3;1H/t9-;/m0./s1. The lowest BCUT2D eigenvalue weighted by Crippen LogP contribution is -2.04. The predicted octanol–water partition coefficient (Wildman–Crippen LogP) is 3.84. The molecule has 1 aromatic heterocycles. The van der Waals surface area contributed by atoms with Crippen LogP contribution in [0.1, 0.15) is 18.5 Å². The number of hydrogen-bond acceptors (Lipinski definition) is 2. The molecule has 0 unspecified atom stereocenters. The molecule has 0 fully saturated rings. The monoisotopic (exact) mass is 268 g/mol. The largest absolute Gasteiger partial charge is 0.324 e. The number of halogens is 2. The van der Waals surface area contributed by atoms with Crippen molar-refractivity contribution in [1.82, 2.24) is 4.98 Å². The highest BCUT2D eigenvalue weighted by molar-refractivity contribution is 6.33. The smallest absolute Gasteiger partial charge is 0.0667 e. The number of nitrogens with two attached hydrogens (primary N) is 1. The van der Waals surface area contributed by atoms with Crippen molar-refractivity contribution in [2.45, 2.75) is 13.0 Å². The first kappa shape index (κ1) is 14.0. The summed E-state index contributed by atoms with van der Waals surface area (Å²) in [4.78, 5) is 3.97. The van der Waals surface area contributed by atoms with Crippen molar-refractivity contribution in [3.05, 3.63) is 53.3 Å². The second kappa shape index (κ2) is 6.01. The van der Waals surface area contributed by atoms with Crippen molar-refractivity contribution in [3.8, 4) is 11.1 Å². The van der Waals surface area contributed by atoms with E-state index in [2.05, 4.69) is 11.1 Å². The summed E-state index contributed by atoms with van der Waals surface area (Å²) in [7, 11) is 0. The van der Waals surface area contributed by atoms with Gasteiger partial charge in [-0.25, -0.2) is 0 Å². The maximum atomic E-state index is 6.10. The zero-order valence-corrected chi connectivity index (χ0v) is 11.0. The summed E-state index contributed by atoms with van der Waals surface area (Å²) in [5.74, 6) is 0. The van der Waals surface area contributed by atoms with E-state index >= 15 is 0 Å². The van der Waals surface area contributed by atoms with Gasteiger partial charge in [0.1, 0.15) is 0 Å². The van der Waals surface area contributed by atoms with Crippen LogP contribution in [0.25, 0.3) is 11.1 Å². The third kappa shape index (κ3) is 3.19. The summed E-state index contributed by atoms with van der Waals surface area (Å²) < 4.78 is 0. The third-order valence-corrected chi connectivity index (χ3v) is 2.80. The van der Waals surface area contributed by atoms with Gasteiger partial charge in [-0.2, -0.15) is 0 Å². The molecule has 2 rings (SSSR count). The highest BCUT2D eigenvalue weighted by Crippen LogP contribution is 2.28. The topological polar surface area (TPSA) is 38.9 Å². The Morgan fingerprint density at radius 3 is 2.71 bits per heavy atom. The number of benzene rings is 1. The lowest BCUT2D eigenvalue weighted by molar-refractivity contribution is 0.819. The van der Waals surface area contributed by atoms with Crippen LogP contribution in [0.3, 0.4) is 0 Å². The summed E-state index contributed by atoms with van der Waals surface area (Å²) in [5, 5.41) is 0.657. The molecule has 0 aliphatic carbocycles. The van der Waals surface area contributed by atoms with Gasteiger partial charge >= 0.3 is 0 Å². The van der Waals surface area contributed by atoms with Gasteiger partial charge in [-0.1, -0.05) is 29.8 Å². The molecule has 0 spiro atoms. The van der Waals surface area contributed by atoms with E-state index in [4.69, 9.17) is 17.3 Å². The molecule has 0 aliphatic rings. The predicted molar refractivity (Wildman–Crippen MR) is 74.5 cm³/mol.